The number of hydrogen-bond donors (Lipinski definition) is 1. The first-order valence-electron chi connectivity index (χ1n) is 8.21. The molecule has 2 aromatic heterocycles. The van der Waals surface area contributed by atoms with E-state index >= 15 is 0 Å². The van der Waals surface area contributed by atoms with Gasteiger partial charge in [-0.3, -0.25) is 0 Å². The lowest BCUT2D eigenvalue weighted by Crippen LogP contribution is -2.31. The monoisotopic (exact) mass is 354 g/mol. The Labute approximate surface area is 146 Å². The van der Waals surface area contributed by atoms with E-state index in [1.165, 1.54) is 0 Å². The number of pyridine rings is 1. The van der Waals surface area contributed by atoms with Crippen LogP contribution in [0.3, 0.4) is 0 Å². The smallest absolute Gasteiger partial charge is 0.237 e. The average molecular weight is 354 g/mol. The largest absolute Gasteiger partial charge is 0.241 e. The van der Waals surface area contributed by atoms with Gasteiger partial charge >= 0.3 is 0 Å². The molecule has 0 spiro atoms. The van der Waals surface area contributed by atoms with Gasteiger partial charge in [0.25, 0.3) is 0 Å². The van der Waals surface area contributed by atoms with Gasteiger partial charge < -0.3 is 0 Å². The van der Waals surface area contributed by atoms with E-state index in [0.717, 1.165) is 36.3 Å². The maximum absolute atomic E-state index is 12.6. The summed E-state index contributed by atoms with van der Waals surface area (Å²) in [6, 6.07) is 13.8. The van der Waals surface area contributed by atoms with Crippen molar-refractivity contribution < 1.29 is 8.42 Å². The standard InChI is InChI=1S/C18H18N4O2S/c23-25(24,14-7-2-1-3-8-14)21-16-9-6-10-17-15(16)13-20-22(17)18-11-4-5-12-19-18/h1-5,7-8,11-13,16,21H,6,9-10H2/t16-/m0/s1. The second-order valence-electron chi connectivity index (χ2n) is 6.03. The molecule has 0 bridgehead atoms. The minimum absolute atomic E-state index is 0.272. The molecule has 1 N–H and O–H groups in total. The molecule has 1 atom stereocenters. The Balaban J connectivity index is 1.66. The molecule has 0 fully saturated rings. The molecule has 1 aromatic carbocycles. The summed E-state index contributed by atoms with van der Waals surface area (Å²) < 4.78 is 29.9. The minimum atomic E-state index is -3.56. The summed E-state index contributed by atoms with van der Waals surface area (Å²) in [6.45, 7) is 0. The van der Waals surface area contributed by atoms with Gasteiger partial charge in [-0.15, -0.1) is 0 Å². The van der Waals surface area contributed by atoms with E-state index in [9.17, 15) is 8.42 Å². The highest BCUT2D eigenvalue weighted by molar-refractivity contribution is 7.89. The van der Waals surface area contributed by atoms with Crippen LogP contribution in [0.15, 0.2) is 65.8 Å². The maximum atomic E-state index is 12.6. The fourth-order valence-electron chi connectivity index (χ4n) is 3.21. The summed E-state index contributed by atoms with van der Waals surface area (Å²) >= 11 is 0. The van der Waals surface area contributed by atoms with E-state index in [0.29, 0.717) is 0 Å². The first kappa shape index (κ1) is 16.0. The van der Waals surface area contributed by atoms with Crippen LogP contribution in [-0.2, 0) is 16.4 Å². The van der Waals surface area contributed by atoms with Crippen molar-refractivity contribution in [1.82, 2.24) is 19.5 Å². The molecule has 2 heterocycles. The van der Waals surface area contributed by atoms with Crippen molar-refractivity contribution in [2.45, 2.75) is 30.2 Å². The molecule has 7 heteroatoms. The van der Waals surface area contributed by atoms with Gasteiger partial charge in [0, 0.05) is 11.8 Å². The van der Waals surface area contributed by atoms with E-state index in [1.807, 2.05) is 18.2 Å². The summed E-state index contributed by atoms with van der Waals surface area (Å²) in [4.78, 5) is 4.62. The molecular weight excluding hydrogens is 336 g/mol. The first-order valence-corrected chi connectivity index (χ1v) is 9.69. The summed E-state index contributed by atoms with van der Waals surface area (Å²) in [5.41, 5.74) is 1.95. The number of fused-ring (bicyclic) bond motifs is 1. The van der Waals surface area contributed by atoms with Crippen molar-refractivity contribution >= 4 is 10.0 Å². The van der Waals surface area contributed by atoms with Crippen LogP contribution in [0.2, 0.25) is 0 Å². The molecule has 0 saturated carbocycles. The van der Waals surface area contributed by atoms with Crippen molar-refractivity contribution in [2.24, 2.45) is 0 Å². The number of nitrogens with one attached hydrogen (secondary N) is 1. The summed E-state index contributed by atoms with van der Waals surface area (Å²) in [5, 5.41) is 4.44. The number of sulfonamides is 1. The number of nitrogens with zero attached hydrogens (tertiary/aromatic N) is 3. The van der Waals surface area contributed by atoms with Gasteiger partial charge in [-0.2, -0.15) is 5.10 Å². The molecule has 0 amide bonds. The second kappa shape index (κ2) is 6.42. The van der Waals surface area contributed by atoms with E-state index in [2.05, 4.69) is 14.8 Å². The zero-order chi connectivity index (χ0) is 17.3. The quantitative estimate of drug-likeness (QED) is 0.781. The number of hydrogen-bond acceptors (Lipinski definition) is 4. The van der Waals surface area contributed by atoms with E-state index in [1.54, 1.807) is 47.4 Å². The Morgan fingerprint density at radius 2 is 1.88 bits per heavy atom. The number of benzene rings is 1. The summed E-state index contributed by atoms with van der Waals surface area (Å²) in [6.07, 6.45) is 5.99. The van der Waals surface area contributed by atoms with Gasteiger partial charge in [-0.1, -0.05) is 24.3 Å². The van der Waals surface area contributed by atoms with Crippen molar-refractivity contribution in [3.05, 3.63) is 72.2 Å². The van der Waals surface area contributed by atoms with Crippen LogP contribution in [0, 0.1) is 0 Å². The molecule has 1 aliphatic rings. The van der Waals surface area contributed by atoms with E-state index in [4.69, 9.17) is 0 Å². The fourth-order valence-corrected chi connectivity index (χ4v) is 4.48. The highest BCUT2D eigenvalue weighted by atomic mass is 32.2. The molecule has 25 heavy (non-hydrogen) atoms. The zero-order valence-corrected chi connectivity index (χ0v) is 14.4. The van der Waals surface area contributed by atoms with Gasteiger partial charge in [0.05, 0.1) is 22.8 Å². The number of aromatic nitrogens is 3. The van der Waals surface area contributed by atoms with Crippen molar-refractivity contribution in [1.29, 1.82) is 0 Å². The zero-order valence-electron chi connectivity index (χ0n) is 13.5. The molecule has 4 rings (SSSR count). The van der Waals surface area contributed by atoms with Crippen molar-refractivity contribution in [3.8, 4) is 5.82 Å². The second-order valence-corrected chi connectivity index (χ2v) is 7.74. The third kappa shape index (κ3) is 3.08. The van der Waals surface area contributed by atoms with Crippen molar-refractivity contribution in [2.75, 3.05) is 0 Å². The molecule has 0 radical (unpaired) electrons. The van der Waals surface area contributed by atoms with Crippen LogP contribution in [0.25, 0.3) is 5.82 Å². The molecule has 0 saturated heterocycles. The predicted molar refractivity (Wildman–Crippen MR) is 93.8 cm³/mol. The van der Waals surface area contributed by atoms with Gasteiger partial charge in [0.2, 0.25) is 10.0 Å². The first-order chi connectivity index (χ1) is 12.1. The van der Waals surface area contributed by atoms with Crippen LogP contribution < -0.4 is 4.72 Å². The molecule has 128 valence electrons. The normalized spacial score (nSPS) is 17.2. The van der Waals surface area contributed by atoms with Gasteiger partial charge in [0.1, 0.15) is 0 Å². The van der Waals surface area contributed by atoms with Crippen LogP contribution in [-0.4, -0.2) is 23.2 Å². The van der Waals surface area contributed by atoms with Crippen LogP contribution >= 0.6 is 0 Å². The Morgan fingerprint density at radius 3 is 2.64 bits per heavy atom. The summed E-state index contributed by atoms with van der Waals surface area (Å²) in [7, 11) is -3.56. The van der Waals surface area contributed by atoms with Gasteiger partial charge in [-0.25, -0.2) is 22.8 Å². The minimum Gasteiger partial charge on any atom is -0.237 e. The Hall–Kier alpha value is -2.51. The van der Waals surface area contributed by atoms with Crippen LogP contribution in [0.5, 0.6) is 0 Å². The third-order valence-corrected chi connectivity index (χ3v) is 5.89. The predicted octanol–water partition coefficient (Wildman–Crippen LogP) is 2.62. The van der Waals surface area contributed by atoms with Crippen LogP contribution in [0.4, 0.5) is 0 Å². The van der Waals surface area contributed by atoms with Crippen molar-refractivity contribution in [3.63, 3.8) is 0 Å². The highest BCUT2D eigenvalue weighted by Crippen LogP contribution is 2.31. The lowest BCUT2D eigenvalue weighted by atomic mass is 9.94. The van der Waals surface area contributed by atoms with Gasteiger partial charge in [0.15, 0.2) is 5.82 Å². The Bertz CT molecular complexity index is 969. The molecule has 0 unspecified atom stereocenters. The lowest BCUT2D eigenvalue weighted by molar-refractivity contribution is 0.501. The Morgan fingerprint density at radius 1 is 1.08 bits per heavy atom. The molecule has 6 nitrogen and oxygen atoms in total. The van der Waals surface area contributed by atoms with Crippen LogP contribution in [0.1, 0.15) is 30.1 Å². The molecule has 0 aliphatic heterocycles. The molecule has 3 aromatic rings. The van der Waals surface area contributed by atoms with E-state index < -0.39 is 10.0 Å². The number of rotatable bonds is 4. The maximum Gasteiger partial charge on any atom is 0.241 e. The topological polar surface area (TPSA) is 76.9 Å². The summed E-state index contributed by atoms with van der Waals surface area (Å²) in [5.74, 6) is 0.746. The van der Waals surface area contributed by atoms with E-state index in [-0.39, 0.29) is 10.9 Å². The Kier molecular flexibility index (Phi) is 4.10. The highest BCUT2D eigenvalue weighted by Gasteiger charge is 2.29. The van der Waals surface area contributed by atoms with Gasteiger partial charge in [-0.05, 0) is 43.5 Å². The molecular formula is C18H18N4O2S. The average Bonchev–Trinajstić information content (AvgIpc) is 3.08. The third-order valence-electron chi connectivity index (χ3n) is 4.40. The molecule has 1 aliphatic carbocycles. The SMILES string of the molecule is O=S(=O)(N[C@H]1CCCc2c1cnn2-c1ccccn1)c1ccccc1. The fraction of sp³-hybridized carbons (Fsp3) is 0.222. The lowest BCUT2D eigenvalue weighted by Gasteiger charge is -2.24.